The van der Waals surface area contributed by atoms with Gasteiger partial charge in [-0.05, 0) is 62.8 Å². The molecular formula is C19H25N3S. The molecule has 4 heteroatoms. The Balaban J connectivity index is 1.86. The average molecular weight is 327 g/mol. The summed E-state index contributed by atoms with van der Waals surface area (Å²) in [6.45, 7) is 9.17. The van der Waals surface area contributed by atoms with Crippen LogP contribution in [-0.4, -0.2) is 18.2 Å². The molecule has 0 radical (unpaired) electrons. The van der Waals surface area contributed by atoms with Gasteiger partial charge < -0.3 is 15.5 Å². The van der Waals surface area contributed by atoms with E-state index in [1.807, 2.05) is 0 Å². The van der Waals surface area contributed by atoms with Gasteiger partial charge in [0.15, 0.2) is 5.11 Å². The van der Waals surface area contributed by atoms with Gasteiger partial charge in [-0.15, -0.1) is 0 Å². The van der Waals surface area contributed by atoms with E-state index in [1.54, 1.807) is 0 Å². The normalized spacial score (nSPS) is 10.2. The Bertz CT molecular complexity index is 616. The minimum Gasteiger partial charge on any atom is -0.372 e. The lowest BCUT2D eigenvalue weighted by molar-refractivity contribution is 0.866. The van der Waals surface area contributed by atoms with Crippen molar-refractivity contribution in [2.45, 2.75) is 27.3 Å². The molecule has 0 saturated heterocycles. The van der Waals surface area contributed by atoms with E-state index in [2.05, 4.69) is 84.8 Å². The van der Waals surface area contributed by atoms with Gasteiger partial charge in [0.05, 0.1) is 0 Å². The van der Waals surface area contributed by atoms with E-state index >= 15 is 0 Å². The number of anilines is 2. The summed E-state index contributed by atoms with van der Waals surface area (Å²) in [6.07, 6.45) is 0. The van der Waals surface area contributed by atoms with Gasteiger partial charge in [-0.2, -0.15) is 0 Å². The predicted molar refractivity (Wildman–Crippen MR) is 104 cm³/mol. The van der Waals surface area contributed by atoms with Crippen molar-refractivity contribution >= 4 is 28.7 Å². The van der Waals surface area contributed by atoms with Crippen molar-refractivity contribution in [3.05, 3.63) is 59.7 Å². The smallest absolute Gasteiger partial charge is 0.171 e. The summed E-state index contributed by atoms with van der Waals surface area (Å²) >= 11 is 5.36. The molecule has 0 atom stereocenters. The molecule has 0 bridgehead atoms. The monoisotopic (exact) mass is 327 g/mol. The third kappa shape index (κ3) is 5.25. The van der Waals surface area contributed by atoms with Crippen molar-refractivity contribution in [1.82, 2.24) is 5.32 Å². The first-order chi connectivity index (χ1) is 11.1. The molecule has 2 aromatic carbocycles. The number of nitrogens with one attached hydrogen (secondary N) is 2. The van der Waals surface area contributed by atoms with Crippen LogP contribution in [0.5, 0.6) is 0 Å². The highest BCUT2D eigenvalue weighted by Crippen LogP contribution is 2.17. The van der Waals surface area contributed by atoms with Crippen molar-refractivity contribution < 1.29 is 0 Å². The number of aryl methyl sites for hydroxylation is 1. The summed E-state index contributed by atoms with van der Waals surface area (Å²) in [5.74, 6) is 0. The molecule has 0 saturated carbocycles. The molecular weight excluding hydrogens is 302 g/mol. The van der Waals surface area contributed by atoms with E-state index in [4.69, 9.17) is 12.2 Å². The Morgan fingerprint density at radius 3 is 2.13 bits per heavy atom. The van der Waals surface area contributed by atoms with Crippen LogP contribution in [0.2, 0.25) is 0 Å². The van der Waals surface area contributed by atoms with Crippen LogP contribution in [-0.2, 0) is 6.54 Å². The molecule has 23 heavy (non-hydrogen) atoms. The molecule has 0 unspecified atom stereocenters. The van der Waals surface area contributed by atoms with Crippen LogP contribution >= 0.6 is 12.2 Å². The quantitative estimate of drug-likeness (QED) is 0.772. The molecule has 2 aromatic rings. The van der Waals surface area contributed by atoms with Crippen LogP contribution in [0.1, 0.15) is 25.0 Å². The molecule has 0 amide bonds. The SMILES string of the molecule is CCN(CC)c1ccc(NC(=S)NCc2ccc(C)cc2)cc1. The molecule has 0 aliphatic carbocycles. The summed E-state index contributed by atoms with van der Waals surface area (Å²) < 4.78 is 0. The van der Waals surface area contributed by atoms with Gasteiger partial charge in [0, 0.05) is 31.0 Å². The number of thiocarbonyl (C=S) groups is 1. The van der Waals surface area contributed by atoms with Gasteiger partial charge in [-0.3, -0.25) is 0 Å². The van der Waals surface area contributed by atoms with Gasteiger partial charge >= 0.3 is 0 Å². The average Bonchev–Trinajstić information content (AvgIpc) is 2.57. The molecule has 122 valence electrons. The number of hydrogen-bond acceptors (Lipinski definition) is 2. The summed E-state index contributed by atoms with van der Waals surface area (Å²) in [7, 11) is 0. The maximum absolute atomic E-state index is 5.36. The van der Waals surface area contributed by atoms with Crippen molar-refractivity contribution in [3.8, 4) is 0 Å². The molecule has 0 aromatic heterocycles. The maximum atomic E-state index is 5.36. The molecule has 2 rings (SSSR count). The second kappa shape index (κ2) is 8.53. The van der Waals surface area contributed by atoms with Gasteiger partial charge in [0.25, 0.3) is 0 Å². The molecule has 0 fully saturated rings. The predicted octanol–water partition coefficient (Wildman–Crippen LogP) is 4.33. The summed E-state index contributed by atoms with van der Waals surface area (Å²) in [5, 5.41) is 7.10. The number of rotatable bonds is 6. The van der Waals surface area contributed by atoms with Gasteiger partial charge in [0.1, 0.15) is 0 Å². The van der Waals surface area contributed by atoms with E-state index < -0.39 is 0 Å². The zero-order valence-corrected chi connectivity index (χ0v) is 14.9. The molecule has 0 heterocycles. The molecule has 3 nitrogen and oxygen atoms in total. The largest absolute Gasteiger partial charge is 0.372 e. The van der Waals surface area contributed by atoms with E-state index in [-0.39, 0.29) is 0 Å². The Morgan fingerprint density at radius 2 is 1.57 bits per heavy atom. The standard InChI is InChI=1S/C19H25N3S/c1-4-22(5-2)18-12-10-17(11-13-18)21-19(23)20-14-16-8-6-15(3)7-9-16/h6-13H,4-5,14H2,1-3H3,(H2,20,21,23). The van der Waals surface area contributed by atoms with Crippen molar-refractivity contribution in [2.24, 2.45) is 0 Å². The second-order valence-corrected chi connectivity index (χ2v) is 5.92. The molecule has 0 aliphatic rings. The van der Waals surface area contributed by atoms with E-state index in [0.29, 0.717) is 5.11 Å². The van der Waals surface area contributed by atoms with Crippen LogP contribution in [0.15, 0.2) is 48.5 Å². The molecule has 2 N–H and O–H groups in total. The summed E-state index contributed by atoms with van der Waals surface area (Å²) in [4.78, 5) is 2.32. The number of benzene rings is 2. The lowest BCUT2D eigenvalue weighted by atomic mass is 10.1. The minimum absolute atomic E-state index is 0.640. The highest BCUT2D eigenvalue weighted by Gasteiger charge is 2.02. The zero-order valence-electron chi connectivity index (χ0n) is 14.1. The Labute approximate surface area is 144 Å². The summed E-state index contributed by atoms with van der Waals surface area (Å²) in [5.41, 5.74) is 4.72. The maximum Gasteiger partial charge on any atom is 0.171 e. The Kier molecular flexibility index (Phi) is 6.41. The van der Waals surface area contributed by atoms with E-state index in [1.165, 1.54) is 16.8 Å². The van der Waals surface area contributed by atoms with Gasteiger partial charge in [-0.25, -0.2) is 0 Å². The highest BCUT2D eigenvalue weighted by atomic mass is 32.1. The van der Waals surface area contributed by atoms with Crippen LogP contribution in [0.4, 0.5) is 11.4 Å². The first-order valence-electron chi connectivity index (χ1n) is 8.07. The molecule has 0 aliphatic heterocycles. The Hall–Kier alpha value is -2.07. The zero-order chi connectivity index (χ0) is 16.7. The molecule has 0 spiro atoms. The Morgan fingerprint density at radius 1 is 0.957 bits per heavy atom. The van der Waals surface area contributed by atoms with Gasteiger partial charge in [-0.1, -0.05) is 29.8 Å². The fourth-order valence-electron chi connectivity index (χ4n) is 2.41. The third-order valence-corrected chi connectivity index (χ3v) is 4.07. The number of nitrogens with zero attached hydrogens (tertiary/aromatic N) is 1. The van der Waals surface area contributed by atoms with Crippen molar-refractivity contribution in [2.75, 3.05) is 23.3 Å². The lowest BCUT2D eigenvalue weighted by Gasteiger charge is -2.21. The topological polar surface area (TPSA) is 27.3 Å². The lowest BCUT2D eigenvalue weighted by Crippen LogP contribution is -2.28. The number of hydrogen-bond donors (Lipinski definition) is 2. The van der Waals surface area contributed by atoms with E-state index in [0.717, 1.165) is 25.3 Å². The van der Waals surface area contributed by atoms with Crippen LogP contribution in [0, 0.1) is 6.92 Å². The van der Waals surface area contributed by atoms with Crippen molar-refractivity contribution in [3.63, 3.8) is 0 Å². The fraction of sp³-hybridized carbons (Fsp3) is 0.316. The first kappa shape index (κ1) is 17.3. The van der Waals surface area contributed by atoms with Gasteiger partial charge in [0.2, 0.25) is 0 Å². The van der Waals surface area contributed by atoms with Crippen LogP contribution in [0.3, 0.4) is 0 Å². The third-order valence-electron chi connectivity index (χ3n) is 3.83. The fourth-order valence-corrected chi connectivity index (χ4v) is 2.60. The van der Waals surface area contributed by atoms with E-state index in [9.17, 15) is 0 Å². The first-order valence-corrected chi connectivity index (χ1v) is 8.48. The van der Waals surface area contributed by atoms with Crippen molar-refractivity contribution in [1.29, 1.82) is 0 Å². The van der Waals surface area contributed by atoms with Crippen LogP contribution in [0.25, 0.3) is 0 Å². The second-order valence-electron chi connectivity index (χ2n) is 5.51. The highest BCUT2D eigenvalue weighted by molar-refractivity contribution is 7.80. The van der Waals surface area contributed by atoms with Crippen LogP contribution < -0.4 is 15.5 Å². The summed E-state index contributed by atoms with van der Waals surface area (Å²) in [6, 6.07) is 16.8. The minimum atomic E-state index is 0.640.